The third kappa shape index (κ3) is 4.87. The smallest absolute Gasteiger partial charge is 0.105 e. The summed E-state index contributed by atoms with van der Waals surface area (Å²) in [4.78, 5) is 5.84. The van der Waals surface area contributed by atoms with Crippen molar-refractivity contribution in [3.63, 3.8) is 0 Å². The molecule has 2 aromatic rings. The summed E-state index contributed by atoms with van der Waals surface area (Å²) in [7, 11) is 0. The van der Waals surface area contributed by atoms with E-state index in [9.17, 15) is 0 Å². The van der Waals surface area contributed by atoms with Crippen LogP contribution < -0.4 is 5.32 Å². The van der Waals surface area contributed by atoms with Gasteiger partial charge < -0.3 is 5.32 Å². The largest absolute Gasteiger partial charge is 0.308 e. The highest BCUT2D eigenvalue weighted by atomic mass is 32.2. The van der Waals surface area contributed by atoms with Crippen LogP contribution in [0.3, 0.4) is 0 Å². The molecule has 3 heteroatoms. The van der Waals surface area contributed by atoms with E-state index in [0.717, 1.165) is 11.6 Å². The van der Waals surface area contributed by atoms with Gasteiger partial charge in [0.1, 0.15) is 5.03 Å². The lowest BCUT2D eigenvalue weighted by Crippen LogP contribution is -2.35. The number of benzene rings is 1. The van der Waals surface area contributed by atoms with E-state index in [4.69, 9.17) is 0 Å². The Morgan fingerprint density at radius 3 is 2.57 bits per heavy atom. The molecule has 0 aliphatic heterocycles. The van der Waals surface area contributed by atoms with Crippen LogP contribution in [0.2, 0.25) is 0 Å². The molecular formula is C18H24N2S. The predicted octanol–water partition coefficient (Wildman–Crippen LogP) is 4.74. The summed E-state index contributed by atoms with van der Waals surface area (Å²) < 4.78 is 0. The van der Waals surface area contributed by atoms with Gasteiger partial charge in [0, 0.05) is 23.2 Å². The Morgan fingerprint density at radius 1 is 1.14 bits per heavy atom. The molecule has 1 N–H and O–H groups in total. The van der Waals surface area contributed by atoms with Gasteiger partial charge in [0.05, 0.1) is 0 Å². The van der Waals surface area contributed by atoms with E-state index >= 15 is 0 Å². The number of hydrogen-bond acceptors (Lipinski definition) is 3. The molecule has 0 spiro atoms. The minimum Gasteiger partial charge on any atom is -0.308 e. The fraction of sp³-hybridized carbons (Fsp3) is 0.389. The van der Waals surface area contributed by atoms with Gasteiger partial charge in [0.15, 0.2) is 0 Å². The number of aryl methyl sites for hydroxylation is 2. The van der Waals surface area contributed by atoms with Crippen LogP contribution in [-0.4, -0.2) is 10.5 Å². The van der Waals surface area contributed by atoms with Crippen molar-refractivity contribution in [3.05, 3.63) is 53.2 Å². The average molecular weight is 300 g/mol. The summed E-state index contributed by atoms with van der Waals surface area (Å²) in [5, 5.41) is 4.62. The van der Waals surface area contributed by atoms with Crippen LogP contribution in [0.4, 0.5) is 0 Å². The van der Waals surface area contributed by atoms with Crippen molar-refractivity contribution >= 4 is 11.8 Å². The first-order valence-electron chi connectivity index (χ1n) is 7.29. The molecule has 2 nitrogen and oxygen atoms in total. The van der Waals surface area contributed by atoms with E-state index in [-0.39, 0.29) is 5.54 Å². The van der Waals surface area contributed by atoms with Crippen LogP contribution in [0.1, 0.15) is 37.5 Å². The molecule has 21 heavy (non-hydrogen) atoms. The molecule has 0 unspecified atom stereocenters. The number of nitrogens with one attached hydrogen (secondary N) is 1. The molecule has 0 aliphatic carbocycles. The quantitative estimate of drug-likeness (QED) is 0.883. The fourth-order valence-electron chi connectivity index (χ4n) is 2.03. The molecule has 1 aromatic carbocycles. The Morgan fingerprint density at radius 2 is 1.90 bits per heavy atom. The second-order valence-electron chi connectivity index (χ2n) is 6.44. The zero-order valence-corrected chi connectivity index (χ0v) is 14.3. The highest BCUT2D eigenvalue weighted by Gasteiger charge is 2.12. The Labute approximate surface area is 132 Å². The number of aromatic nitrogens is 1. The zero-order valence-electron chi connectivity index (χ0n) is 13.5. The normalized spacial score (nSPS) is 11.7. The van der Waals surface area contributed by atoms with E-state index < -0.39 is 0 Å². The van der Waals surface area contributed by atoms with Crippen LogP contribution in [0.15, 0.2) is 46.5 Å². The van der Waals surface area contributed by atoms with Crippen LogP contribution in [0, 0.1) is 13.8 Å². The van der Waals surface area contributed by atoms with Crippen LogP contribution in [-0.2, 0) is 6.54 Å². The number of pyridine rings is 1. The van der Waals surface area contributed by atoms with Gasteiger partial charge in [-0.05, 0) is 57.9 Å². The van der Waals surface area contributed by atoms with Crippen LogP contribution >= 0.6 is 11.8 Å². The lowest BCUT2D eigenvalue weighted by Gasteiger charge is -2.21. The standard InChI is InChI=1S/C18H24N2S/c1-13-8-9-16(14(2)11-13)21-17-15(7-6-10-19-17)12-20-18(3,4)5/h6-11,20H,12H2,1-5H3. The lowest BCUT2D eigenvalue weighted by atomic mass is 10.1. The highest BCUT2D eigenvalue weighted by molar-refractivity contribution is 7.99. The van der Waals surface area contributed by atoms with Gasteiger partial charge >= 0.3 is 0 Å². The molecule has 0 amide bonds. The monoisotopic (exact) mass is 300 g/mol. The van der Waals surface area contributed by atoms with Crippen molar-refractivity contribution in [3.8, 4) is 0 Å². The van der Waals surface area contributed by atoms with E-state index in [1.165, 1.54) is 21.6 Å². The highest BCUT2D eigenvalue weighted by Crippen LogP contribution is 2.31. The fourth-order valence-corrected chi connectivity index (χ4v) is 2.98. The lowest BCUT2D eigenvalue weighted by molar-refractivity contribution is 0.422. The van der Waals surface area contributed by atoms with E-state index in [0.29, 0.717) is 0 Å². The summed E-state index contributed by atoms with van der Waals surface area (Å²) in [6, 6.07) is 10.7. The van der Waals surface area contributed by atoms with Crippen LogP contribution in [0.5, 0.6) is 0 Å². The number of hydrogen-bond donors (Lipinski definition) is 1. The maximum Gasteiger partial charge on any atom is 0.105 e. The van der Waals surface area contributed by atoms with Gasteiger partial charge in [-0.3, -0.25) is 0 Å². The van der Waals surface area contributed by atoms with Gasteiger partial charge in [0.2, 0.25) is 0 Å². The average Bonchev–Trinajstić information content (AvgIpc) is 2.40. The number of nitrogens with zero attached hydrogens (tertiary/aromatic N) is 1. The van der Waals surface area contributed by atoms with Gasteiger partial charge in [-0.25, -0.2) is 4.98 Å². The van der Waals surface area contributed by atoms with Crippen molar-refractivity contribution in [2.75, 3.05) is 0 Å². The Balaban J connectivity index is 2.20. The second-order valence-corrected chi connectivity index (χ2v) is 7.47. The zero-order chi connectivity index (χ0) is 15.5. The van der Waals surface area contributed by atoms with Gasteiger partial charge in [-0.2, -0.15) is 0 Å². The summed E-state index contributed by atoms with van der Waals surface area (Å²) in [6.07, 6.45) is 1.87. The Bertz CT molecular complexity index is 615. The summed E-state index contributed by atoms with van der Waals surface area (Å²) in [6.45, 7) is 11.7. The molecule has 2 rings (SSSR count). The van der Waals surface area contributed by atoms with Crippen LogP contribution in [0.25, 0.3) is 0 Å². The first-order valence-corrected chi connectivity index (χ1v) is 8.11. The number of rotatable bonds is 4. The predicted molar refractivity (Wildman–Crippen MR) is 90.9 cm³/mol. The molecule has 0 saturated carbocycles. The molecule has 0 bridgehead atoms. The Hall–Kier alpha value is -1.32. The molecule has 0 atom stereocenters. The molecule has 1 aromatic heterocycles. The third-order valence-corrected chi connectivity index (χ3v) is 4.44. The first-order chi connectivity index (χ1) is 9.85. The summed E-state index contributed by atoms with van der Waals surface area (Å²) in [5.41, 5.74) is 3.96. The van der Waals surface area contributed by atoms with E-state index in [1.807, 2.05) is 12.3 Å². The minimum atomic E-state index is 0.109. The Kier molecular flexibility index (Phi) is 5.07. The third-order valence-electron chi connectivity index (χ3n) is 3.20. The topological polar surface area (TPSA) is 24.9 Å². The van der Waals surface area contributed by atoms with Crippen molar-refractivity contribution < 1.29 is 0 Å². The molecule has 0 aliphatic rings. The van der Waals surface area contributed by atoms with Crippen molar-refractivity contribution in [2.45, 2.75) is 56.6 Å². The molecule has 0 radical (unpaired) electrons. The maximum absolute atomic E-state index is 4.56. The van der Waals surface area contributed by atoms with Crippen molar-refractivity contribution in [2.24, 2.45) is 0 Å². The molecule has 0 fully saturated rings. The SMILES string of the molecule is Cc1ccc(Sc2ncccc2CNC(C)(C)C)c(C)c1. The molecule has 112 valence electrons. The van der Waals surface area contributed by atoms with Gasteiger partial charge in [-0.1, -0.05) is 35.5 Å². The molecule has 0 saturated heterocycles. The minimum absolute atomic E-state index is 0.109. The van der Waals surface area contributed by atoms with Crippen molar-refractivity contribution in [1.82, 2.24) is 10.3 Å². The van der Waals surface area contributed by atoms with E-state index in [1.54, 1.807) is 11.8 Å². The molecular weight excluding hydrogens is 276 g/mol. The summed E-state index contributed by atoms with van der Waals surface area (Å²) >= 11 is 1.75. The maximum atomic E-state index is 4.56. The first kappa shape index (κ1) is 16.1. The molecule has 1 heterocycles. The van der Waals surface area contributed by atoms with Crippen molar-refractivity contribution in [1.29, 1.82) is 0 Å². The van der Waals surface area contributed by atoms with E-state index in [2.05, 4.69) is 69.2 Å². The summed E-state index contributed by atoms with van der Waals surface area (Å²) in [5.74, 6) is 0. The van der Waals surface area contributed by atoms with Gasteiger partial charge in [-0.15, -0.1) is 0 Å². The second kappa shape index (κ2) is 6.63. The van der Waals surface area contributed by atoms with Gasteiger partial charge in [0.25, 0.3) is 0 Å².